The number of furan rings is 1. The monoisotopic (exact) mass is 432 g/mol. The molecule has 0 radical (unpaired) electrons. The number of hydrogen-bond donors (Lipinski definition) is 2. The van der Waals surface area contributed by atoms with Gasteiger partial charge in [-0.3, -0.25) is 14.5 Å². The minimum absolute atomic E-state index is 0.144. The van der Waals surface area contributed by atoms with Gasteiger partial charge >= 0.3 is 0 Å². The first kappa shape index (κ1) is 23.1. The number of piperazine rings is 1. The lowest BCUT2D eigenvalue weighted by molar-refractivity contribution is -0.135. The van der Waals surface area contributed by atoms with Crippen LogP contribution in [0.3, 0.4) is 0 Å². The Morgan fingerprint density at radius 1 is 1.13 bits per heavy atom. The fraction of sp³-hybridized carbons (Fsp3) is 0.682. The van der Waals surface area contributed by atoms with Gasteiger partial charge in [-0.1, -0.05) is 13.8 Å². The third kappa shape index (κ3) is 6.46. The zero-order chi connectivity index (χ0) is 22.4. The van der Waals surface area contributed by atoms with E-state index in [0.717, 1.165) is 51.8 Å². The SMILES string of the molecule is CCNC(=NCc1ccc(C(N)=O)o1)N1CCN(CC(=O)N2CC(C)CC(C)C2)CC1. The first-order valence-corrected chi connectivity index (χ1v) is 11.3. The summed E-state index contributed by atoms with van der Waals surface area (Å²) < 4.78 is 5.42. The van der Waals surface area contributed by atoms with Crippen LogP contribution >= 0.6 is 0 Å². The first-order chi connectivity index (χ1) is 14.9. The van der Waals surface area contributed by atoms with Gasteiger partial charge in [0, 0.05) is 45.8 Å². The second-order valence-corrected chi connectivity index (χ2v) is 8.81. The van der Waals surface area contributed by atoms with Gasteiger partial charge in [0.15, 0.2) is 11.7 Å². The highest BCUT2D eigenvalue weighted by atomic mass is 16.3. The molecule has 2 atom stereocenters. The Bertz CT molecular complexity index is 774. The number of nitrogens with zero attached hydrogens (tertiary/aromatic N) is 4. The van der Waals surface area contributed by atoms with Crippen molar-refractivity contribution in [3.05, 3.63) is 23.7 Å². The van der Waals surface area contributed by atoms with E-state index in [0.29, 0.717) is 30.7 Å². The molecule has 3 N–H and O–H groups in total. The lowest BCUT2D eigenvalue weighted by atomic mass is 9.92. The normalized spacial score (nSPS) is 23.1. The maximum absolute atomic E-state index is 12.8. The van der Waals surface area contributed by atoms with Crippen molar-refractivity contribution < 1.29 is 14.0 Å². The molecule has 9 nitrogen and oxygen atoms in total. The minimum atomic E-state index is -0.582. The molecule has 3 heterocycles. The average Bonchev–Trinajstić information content (AvgIpc) is 3.20. The first-order valence-electron chi connectivity index (χ1n) is 11.3. The molecule has 172 valence electrons. The number of carbonyl (C=O) groups excluding carboxylic acids is 2. The smallest absolute Gasteiger partial charge is 0.284 e. The Kier molecular flexibility index (Phi) is 7.95. The number of hydrogen-bond acceptors (Lipinski definition) is 5. The fourth-order valence-corrected chi connectivity index (χ4v) is 4.45. The van der Waals surface area contributed by atoms with Gasteiger partial charge in [-0.2, -0.15) is 0 Å². The second-order valence-electron chi connectivity index (χ2n) is 8.81. The van der Waals surface area contributed by atoms with Crippen LogP contribution in [0, 0.1) is 11.8 Å². The Morgan fingerprint density at radius 3 is 2.39 bits per heavy atom. The zero-order valence-electron chi connectivity index (χ0n) is 19.0. The van der Waals surface area contributed by atoms with Crippen LogP contribution in [0.1, 0.15) is 43.5 Å². The highest BCUT2D eigenvalue weighted by molar-refractivity contribution is 5.89. The summed E-state index contributed by atoms with van der Waals surface area (Å²) in [6.45, 7) is 13.1. The van der Waals surface area contributed by atoms with Crippen LogP contribution in [-0.4, -0.2) is 84.8 Å². The summed E-state index contributed by atoms with van der Waals surface area (Å²) in [5, 5.41) is 3.32. The van der Waals surface area contributed by atoms with Crippen LogP contribution < -0.4 is 11.1 Å². The molecule has 1 aromatic rings. The molecule has 0 aliphatic carbocycles. The third-order valence-electron chi connectivity index (χ3n) is 5.88. The van der Waals surface area contributed by atoms with Gasteiger partial charge in [-0.05, 0) is 37.3 Å². The molecule has 9 heteroatoms. The zero-order valence-corrected chi connectivity index (χ0v) is 19.0. The van der Waals surface area contributed by atoms with Crippen LogP contribution in [0.5, 0.6) is 0 Å². The van der Waals surface area contributed by atoms with E-state index in [4.69, 9.17) is 10.2 Å². The Balaban J connectivity index is 1.51. The number of likely N-dealkylation sites (tertiary alicyclic amines) is 1. The molecule has 2 aliphatic rings. The molecule has 2 fully saturated rings. The number of piperidine rings is 1. The summed E-state index contributed by atoms with van der Waals surface area (Å²) in [4.78, 5) is 35.1. The maximum atomic E-state index is 12.8. The predicted octanol–water partition coefficient (Wildman–Crippen LogP) is 0.966. The van der Waals surface area contributed by atoms with Gasteiger partial charge in [0.2, 0.25) is 5.91 Å². The number of primary amides is 1. The molecule has 0 bridgehead atoms. The summed E-state index contributed by atoms with van der Waals surface area (Å²) in [5.41, 5.74) is 5.24. The molecule has 0 aromatic carbocycles. The quantitative estimate of drug-likeness (QED) is 0.512. The number of carbonyl (C=O) groups is 2. The van der Waals surface area contributed by atoms with Gasteiger partial charge in [-0.15, -0.1) is 0 Å². The van der Waals surface area contributed by atoms with Crippen molar-refractivity contribution >= 4 is 17.8 Å². The van der Waals surface area contributed by atoms with Crippen LogP contribution in [0.4, 0.5) is 0 Å². The van der Waals surface area contributed by atoms with Gasteiger partial charge in [0.25, 0.3) is 5.91 Å². The van der Waals surface area contributed by atoms with E-state index in [2.05, 4.69) is 34.0 Å². The molecule has 2 saturated heterocycles. The van der Waals surface area contributed by atoms with E-state index >= 15 is 0 Å². The van der Waals surface area contributed by atoms with Crippen LogP contribution in [-0.2, 0) is 11.3 Å². The molecule has 0 spiro atoms. The van der Waals surface area contributed by atoms with Crippen molar-refractivity contribution in [2.75, 3.05) is 52.4 Å². The summed E-state index contributed by atoms with van der Waals surface area (Å²) >= 11 is 0. The standard InChI is InChI=1S/C22H36N6O3/c1-4-24-22(25-12-18-5-6-19(31-18)21(23)30)27-9-7-26(8-10-27)15-20(29)28-13-16(2)11-17(3)14-28/h5-6,16-17H,4,7-15H2,1-3H3,(H2,23,30)(H,24,25). The molecular formula is C22H36N6O3. The summed E-state index contributed by atoms with van der Waals surface area (Å²) in [6.07, 6.45) is 1.21. The van der Waals surface area contributed by atoms with Crippen LogP contribution in [0.15, 0.2) is 21.5 Å². The topological polar surface area (TPSA) is 107 Å². The number of aliphatic imine (C=N–C) groups is 1. The van der Waals surface area contributed by atoms with Crippen LogP contribution in [0.2, 0.25) is 0 Å². The number of rotatable bonds is 6. The number of guanidine groups is 1. The van der Waals surface area contributed by atoms with E-state index in [9.17, 15) is 9.59 Å². The third-order valence-corrected chi connectivity index (χ3v) is 5.88. The van der Waals surface area contributed by atoms with E-state index in [1.165, 1.54) is 6.42 Å². The molecule has 2 aliphatic heterocycles. The summed E-state index contributed by atoms with van der Waals surface area (Å²) in [6, 6.07) is 3.29. The Hall–Kier alpha value is -2.55. The van der Waals surface area contributed by atoms with E-state index in [1.54, 1.807) is 12.1 Å². The van der Waals surface area contributed by atoms with Crippen molar-refractivity contribution in [1.82, 2.24) is 20.0 Å². The molecule has 3 rings (SSSR count). The number of amides is 2. The second kappa shape index (κ2) is 10.7. The van der Waals surface area contributed by atoms with Crippen molar-refractivity contribution in [1.29, 1.82) is 0 Å². The van der Waals surface area contributed by atoms with Crippen molar-refractivity contribution in [3.63, 3.8) is 0 Å². The predicted molar refractivity (Wildman–Crippen MR) is 120 cm³/mol. The van der Waals surface area contributed by atoms with Crippen molar-refractivity contribution in [3.8, 4) is 0 Å². The van der Waals surface area contributed by atoms with E-state index in [1.807, 2.05) is 11.8 Å². The molecule has 2 amide bonds. The number of nitrogens with two attached hydrogens (primary N) is 1. The van der Waals surface area contributed by atoms with Gasteiger partial charge in [-0.25, -0.2) is 4.99 Å². The maximum Gasteiger partial charge on any atom is 0.284 e. The van der Waals surface area contributed by atoms with Crippen molar-refractivity contribution in [2.45, 2.75) is 33.7 Å². The van der Waals surface area contributed by atoms with Gasteiger partial charge in [0.05, 0.1) is 6.54 Å². The van der Waals surface area contributed by atoms with Gasteiger partial charge < -0.3 is 25.3 Å². The van der Waals surface area contributed by atoms with E-state index in [-0.39, 0.29) is 11.7 Å². The summed E-state index contributed by atoms with van der Waals surface area (Å²) in [7, 11) is 0. The van der Waals surface area contributed by atoms with Gasteiger partial charge in [0.1, 0.15) is 12.3 Å². The molecule has 0 saturated carbocycles. The lowest BCUT2D eigenvalue weighted by Crippen LogP contribution is -2.55. The van der Waals surface area contributed by atoms with E-state index < -0.39 is 5.91 Å². The number of nitrogens with one attached hydrogen (secondary N) is 1. The molecule has 31 heavy (non-hydrogen) atoms. The van der Waals surface area contributed by atoms with Crippen molar-refractivity contribution in [2.24, 2.45) is 22.6 Å². The molecular weight excluding hydrogens is 396 g/mol. The summed E-state index contributed by atoms with van der Waals surface area (Å²) in [5.74, 6) is 2.37. The average molecular weight is 433 g/mol. The fourth-order valence-electron chi connectivity index (χ4n) is 4.45. The Morgan fingerprint density at radius 2 is 1.81 bits per heavy atom. The molecule has 2 unspecified atom stereocenters. The molecule has 1 aromatic heterocycles. The highest BCUT2D eigenvalue weighted by Crippen LogP contribution is 2.21. The van der Waals surface area contributed by atoms with Crippen LogP contribution in [0.25, 0.3) is 0 Å². The highest BCUT2D eigenvalue weighted by Gasteiger charge is 2.28. The largest absolute Gasteiger partial charge is 0.454 e. The minimum Gasteiger partial charge on any atom is -0.454 e. The Labute approximate surface area is 184 Å². The lowest BCUT2D eigenvalue weighted by Gasteiger charge is -2.39.